The molecule has 4 nitrogen and oxygen atoms in total. The Labute approximate surface area is 116 Å². The lowest BCUT2D eigenvalue weighted by Crippen LogP contribution is -2.46. The molecular weight excluding hydrogens is 240 g/mol. The fraction of sp³-hybridized carbons (Fsp3) is 0.667. The van der Waals surface area contributed by atoms with Crippen LogP contribution in [0.1, 0.15) is 45.6 Å². The molecule has 2 N–H and O–H groups in total. The Morgan fingerprint density at radius 3 is 2.37 bits per heavy atom. The Balaban J connectivity index is 2.74. The van der Waals surface area contributed by atoms with E-state index in [-0.39, 0.29) is 11.9 Å². The highest BCUT2D eigenvalue weighted by Gasteiger charge is 2.24. The van der Waals surface area contributed by atoms with Crippen molar-refractivity contribution in [1.29, 1.82) is 0 Å². The van der Waals surface area contributed by atoms with Crippen LogP contribution >= 0.6 is 0 Å². The van der Waals surface area contributed by atoms with Gasteiger partial charge in [-0.3, -0.25) is 4.79 Å². The van der Waals surface area contributed by atoms with Crippen molar-refractivity contribution >= 4 is 5.91 Å². The minimum Gasteiger partial charge on any atom is -0.464 e. The third-order valence-corrected chi connectivity index (χ3v) is 3.07. The molecule has 0 aromatic carbocycles. The standard InChI is InChI=1S/C15H26N2O2/c1-10(2)8-14(16)15(18)17(11(3)4)9-13-7-6-12(5)19-13/h6-7,10-11,14H,8-9,16H2,1-5H3/t14-/m1/s1. The van der Waals surface area contributed by atoms with Crippen molar-refractivity contribution in [1.82, 2.24) is 4.90 Å². The fourth-order valence-corrected chi connectivity index (χ4v) is 2.07. The van der Waals surface area contributed by atoms with Gasteiger partial charge in [0, 0.05) is 6.04 Å². The third-order valence-electron chi connectivity index (χ3n) is 3.07. The van der Waals surface area contributed by atoms with Crippen LogP contribution in [-0.2, 0) is 11.3 Å². The van der Waals surface area contributed by atoms with Crippen molar-refractivity contribution in [3.05, 3.63) is 23.7 Å². The summed E-state index contributed by atoms with van der Waals surface area (Å²) in [4.78, 5) is 14.2. The van der Waals surface area contributed by atoms with Crippen LogP contribution in [0.15, 0.2) is 16.5 Å². The summed E-state index contributed by atoms with van der Waals surface area (Å²) in [5.74, 6) is 2.07. The molecule has 0 spiro atoms. The molecule has 0 aliphatic carbocycles. The summed E-state index contributed by atoms with van der Waals surface area (Å²) in [6, 6.07) is 3.49. The number of carbonyl (C=O) groups is 1. The molecule has 108 valence electrons. The van der Waals surface area contributed by atoms with Crippen LogP contribution in [0.5, 0.6) is 0 Å². The van der Waals surface area contributed by atoms with Crippen molar-refractivity contribution in [2.45, 2.75) is 59.7 Å². The molecule has 0 bridgehead atoms. The SMILES string of the molecule is Cc1ccc(CN(C(=O)[C@H](N)CC(C)C)C(C)C)o1. The van der Waals surface area contributed by atoms with E-state index in [1.807, 2.05) is 32.9 Å². The van der Waals surface area contributed by atoms with Gasteiger partial charge >= 0.3 is 0 Å². The summed E-state index contributed by atoms with van der Waals surface area (Å²) in [6.45, 7) is 10.5. The van der Waals surface area contributed by atoms with Crippen LogP contribution < -0.4 is 5.73 Å². The number of nitrogens with zero attached hydrogens (tertiary/aromatic N) is 1. The smallest absolute Gasteiger partial charge is 0.240 e. The molecule has 1 atom stereocenters. The average molecular weight is 266 g/mol. The average Bonchev–Trinajstić information content (AvgIpc) is 2.69. The zero-order valence-electron chi connectivity index (χ0n) is 12.6. The van der Waals surface area contributed by atoms with Gasteiger partial charge in [0.1, 0.15) is 11.5 Å². The molecule has 0 aliphatic heterocycles. The van der Waals surface area contributed by atoms with Gasteiger partial charge in [0.05, 0.1) is 12.6 Å². The first-order valence-electron chi connectivity index (χ1n) is 6.92. The second kappa shape index (κ2) is 6.75. The quantitative estimate of drug-likeness (QED) is 0.861. The summed E-state index contributed by atoms with van der Waals surface area (Å²) in [6.07, 6.45) is 0.708. The second-order valence-electron chi connectivity index (χ2n) is 5.81. The third kappa shape index (κ3) is 4.71. The van der Waals surface area contributed by atoms with Crippen molar-refractivity contribution in [3.8, 4) is 0 Å². The Hall–Kier alpha value is -1.29. The Kier molecular flexibility index (Phi) is 5.60. The van der Waals surface area contributed by atoms with E-state index in [0.29, 0.717) is 18.9 Å². The molecule has 1 aromatic heterocycles. The van der Waals surface area contributed by atoms with E-state index >= 15 is 0 Å². The maximum atomic E-state index is 12.4. The maximum Gasteiger partial charge on any atom is 0.240 e. The predicted molar refractivity (Wildman–Crippen MR) is 76.6 cm³/mol. The zero-order valence-corrected chi connectivity index (χ0v) is 12.6. The van der Waals surface area contributed by atoms with Gasteiger partial charge < -0.3 is 15.1 Å². The molecule has 1 aromatic rings. The first-order valence-corrected chi connectivity index (χ1v) is 6.92. The highest BCUT2D eigenvalue weighted by atomic mass is 16.3. The van der Waals surface area contributed by atoms with Gasteiger partial charge in [-0.25, -0.2) is 0 Å². The van der Waals surface area contributed by atoms with E-state index in [2.05, 4.69) is 13.8 Å². The van der Waals surface area contributed by atoms with E-state index in [4.69, 9.17) is 10.2 Å². The van der Waals surface area contributed by atoms with Crippen LogP contribution in [0.25, 0.3) is 0 Å². The summed E-state index contributed by atoms with van der Waals surface area (Å²) in [5.41, 5.74) is 5.99. The lowest BCUT2D eigenvalue weighted by Gasteiger charge is -2.29. The minimum absolute atomic E-state index is 0.00208. The Morgan fingerprint density at radius 1 is 1.32 bits per heavy atom. The lowest BCUT2D eigenvalue weighted by atomic mass is 10.0. The number of rotatable bonds is 6. The monoisotopic (exact) mass is 266 g/mol. The van der Waals surface area contributed by atoms with Crippen molar-refractivity contribution < 1.29 is 9.21 Å². The van der Waals surface area contributed by atoms with E-state index in [1.54, 1.807) is 4.90 Å². The van der Waals surface area contributed by atoms with Gasteiger partial charge in [-0.2, -0.15) is 0 Å². The summed E-state index contributed by atoms with van der Waals surface area (Å²) in [7, 11) is 0. The highest BCUT2D eigenvalue weighted by molar-refractivity contribution is 5.81. The number of hydrogen-bond acceptors (Lipinski definition) is 3. The van der Waals surface area contributed by atoms with Gasteiger partial charge in [0.25, 0.3) is 0 Å². The first-order chi connectivity index (χ1) is 8.81. The molecular formula is C15H26N2O2. The molecule has 0 unspecified atom stereocenters. The largest absolute Gasteiger partial charge is 0.464 e. The zero-order chi connectivity index (χ0) is 14.6. The van der Waals surface area contributed by atoms with E-state index in [9.17, 15) is 4.79 Å². The number of nitrogens with two attached hydrogens (primary N) is 1. The molecule has 0 fully saturated rings. The summed E-state index contributed by atoms with van der Waals surface area (Å²) < 4.78 is 5.54. The van der Waals surface area contributed by atoms with Crippen molar-refractivity contribution in [2.75, 3.05) is 0 Å². The van der Waals surface area contributed by atoms with Gasteiger partial charge in [0.15, 0.2) is 0 Å². The molecule has 1 heterocycles. The molecule has 0 saturated carbocycles. The minimum atomic E-state index is -0.432. The Morgan fingerprint density at radius 2 is 1.95 bits per heavy atom. The summed E-state index contributed by atoms with van der Waals surface area (Å²) >= 11 is 0. The first kappa shape index (κ1) is 15.8. The van der Waals surface area contributed by atoms with Gasteiger partial charge in [-0.15, -0.1) is 0 Å². The van der Waals surface area contributed by atoms with Crippen LogP contribution in [0.2, 0.25) is 0 Å². The predicted octanol–water partition coefficient (Wildman–Crippen LogP) is 2.70. The Bertz CT molecular complexity index is 410. The number of carbonyl (C=O) groups excluding carboxylic acids is 1. The molecule has 1 rings (SSSR count). The molecule has 19 heavy (non-hydrogen) atoms. The van der Waals surface area contributed by atoms with Crippen molar-refractivity contribution in [2.24, 2.45) is 11.7 Å². The second-order valence-corrected chi connectivity index (χ2v) is 5.81. The molecule has 1 amide bonds. The molecule has 0 aliphatic rings. The fourth-order valence-electron chi connectivity index (χ4n) is 2.07. The topological polar surface area (TPSA) is 59.5 Å². The van der Waals surface area contributed by atoms with Crippen LogP contribution in [-0.4, -0.2) is 22.9 Å². The van der Waals surface area contributed by atoms with Gasteiger partial charge in [-0.05, 0) is 45.2 Å². The van der Waals surface area contributed by atoms with Crippen LogP contribution in [0.3, 0.4) is 0 Å². The van der Waals surface area contributed by atoms with Crippen molar-refractivity contribution in [3.63, 3.8) is 0 Å². The molecule has 0 radical (unpaired) electrons. The number of aryl methyl sites for hydroxylation is 1. The van der Waals surface area contributed by atoms with E-state index < -0.39 is 6.04 Å². The van der Waals surface area contributed by atoms with Gasteiger partial charge in [-0.1, -0.05) is 13.8 Å². The normalized spacial score (nSPS) is 13.1. The van der Waals surface area contributed by atoms with Gasteiger partial charge in [0.2, 0.25) is 5.91 Å². The van der Waals surface area contributed by atoms with Crippen LogP contribution in [0, 0.1) is 12.8 Å². The summed E-state index contributed by atoms with van der Waals surface area (Å²) in [5, 5.41) is 0. The lowest BCUT2D eigenvalue weighted by molar-refractivity contribution is -0.135. The molecule has 4 heteroatoms. The highest BCUT2D eigenvalue weighted by Crippen LogP contribution is 2.14. The number of furan rings is 1. The number of hydrogen-bond donors (Lipinski definition) is 1. The van der Waals surface area contributed by atoms with E-state index in [0.717, 1.165) is 11.5 Å². The van der Waals surface area contributed by atoms with E-state index in [1.165, 1.54) is 0 Å². The molecule has 0 saturated heterocycles. The van der Waals surface area contributed by atoms with Crippen LogP contribution in [0.4, 0.5) is 0 Å². The number of amides is 1. The maximum absolute atomic E-state index is 12.4.